The number of aryl methyl sites for hydroxylation is 1. The van der Waals surface area contributed by atoms with Crippen molar-refractivity contribution in [2.24, 2.45) is 5.92 Å². The van der Waals surface area contributed by atoms with E-state index in [0.29, 0.717) is 61.1 Å². The molecule has 2 aromatic carbocycles. The Hall–Kier alpha value is -3.36. The van der Waals surface area contributed by atoms with Crippen molar-refractivity contribution in [3.05, 3.63) is 81.6 Å². The second-order valence-corrected chi connectivity index (χ2v) is 11.9. The zero-order valence-electron chi connectivity index (χ0n) is 23.6. The second kappa shape index (κ2) is 12.2. The van der Waals surface area contributed by atoms with Crippen LogP contribution in [0.25, 0.3) is 5.69 Å². The summed E-state index contributed by atoms with van der Waals surface area (Å²) in [4.78, 5) is 44.7. The van der Waals surface area contributed by atoms with Gasteiger partial charge in [-0.3, -0.25) is 14.4 Å². The predicted molar refractivity (Wildman–Crippen MR) is 160 cm³/mol. The molecular formula is C31H35Cl2N5O3. The molecule has 0 spiro atoms. The molecule has 8 nitrogen and oxygen atoms in total. The Morgan fingerprint density at radius 1 is 0.927 bits per heavy atom. The molecule has 5 rings (SSSR count). The van der Waals surface area contributed by atoms with E-state index in [0.717, 1.165) is 16.9 Å². The highest BCUT2D eigenvalue weighted by Gasteiger charge is 2.39. The number of benzene rings is 2. The number of likely N-dealkylation sites (tertiary alicyclic amines) is 2. The lowest BCUT2D eigenvalue weighted by Gasteiger charge is -2.44. The molecule has 0 radical (unpaired) electrons. The third-order valence-corrected chi connectivity index (χ3v) is 9.19. The standard InChI is InChI=1S/C31H35Cl2N5O3/c1-20-9-16-38(34-20)25-6-4-5-24(17-25)30(40)35(3)29-12-15-37(19-26(29)23-7-8-27(32)28(33)18-23)31(41)22-10-13-36(14-11-22)21(2)39/h4-9,16-18,22,26,29H,10-15,19H2,1-3H3/t26-,29+/m0/s1. The van der Waals surface area contributed by atoms with Gasteiger partial charge in [0.2, 0.25) is 11.8 Å². The number of nitrogens with zero attached hydrogens (tertiary/aromatic N) is 5. The number of aromatic nitrogens is 2. The molecule has 0 N–H and O–H groups in total. The zero-order chi connectivity index (χ0) is 29.3. The molecule has 3 amide bonds. The summed E-state index contributed by atoms with van der Waals surface area (Å²) in [6.07, 6.45) is 3.84. The largest absolute Gasteiger partial charge is 0.343 e. The summed E-state index contributed by atoms with van der Waals surface area (Å²) in [6.45, 7) is 5.73. The fraction of sp³-hybridized carbons (Fsp3) is 0.419. The highest BCUT2D eigenvalue weighted by Crippen LogP contribution is 2.35. The van der Waals surface area contributed by atoms with Crippen LogP contribution in [0.4, 0.5) is 0 Å². The Bertz CT molecular complexity index is 1450. The summed E-state index contributed by atoms with van der Waals surface area (Å²) in [6, 6.07) is 14.8. The van der Waals surface area contributed by atoms with Gasteiger partial charge in [0.05, 0.1) is 21.4 Å². The van der Waals surface area contributed by atoms with E-state index in [1.807, 2.05) is 67.5 Å². The van der Waals surface area contributed by atoms with E-state index in [2.05, 4.69) is 5.10 Å². The number of piperidine rings is 2. The molecule has 0 bridgehead atoms. The van der Waals surface area contributed by atoms with E-state index in [1.165, 1.54) is 0 Å². The topological polar surface area (TPSA) is 78.8 Å². The van der Waals surface area contributed by atoms with E-state index >= 15 is 0 Å². The Morgan fingerprint density at radius 2 is 1.66 bits per heavy atom. The van der Waals surface area contributed by atoms with Crippen molar-refractivity contribution >= 4 is 40.9 Å². The molecule has 3 aromatic rings. The number of hydrogen-bond acceptors (Lipinski definition) is 4. The first kappa shape index (κ1) is 29.1. The van der Waals surface area contributed by atoms with Gasteiger partial charge in [0.15, 0.2) is 0 Å². The van der Waals surface area contributed by atoms with Crippen LogP contribution in [0.15, 0.2) is 54.7 Å². The van der Waals surface area contributed by atoms with Crippen LogP contribution in [-0.4, -0.2) is 81.5 Å². The Balaban J connectivity index is 1.37. The number of likely N-dealkylation sites (N-methyl/N-ethyl adjacent to an activating group) is 1. The summed E-state index contributed by atoms with van der Waals surface area (Å²) in [5.74, 6) is -0.181. The van der Waals surface area contributed by atoms with Gasteiger partial charge in [0, 0.05) is 69.8 Å². The summed E-state index contributed by atoms with van der Waals surface area (Å²) >= 11 is 12.7. The zero-order valence-corrected chi connectivity index (χ0v) is 25.1. The molecule has 0 aliphatic carbocycles. The minimum atomic E-state index is -0.154. The fourth-order valence-electron chi connectivity index (χ4n) is 6.07. The third-order valence-electron chi connectivity index (χ3n) is 8.45. The minimum Gasteiger partial charge on any atom is -0.343 e. The number of halogens is 2. The van der Waals surface area contributed by atoms with Crippen molar-refractivity contribution in [3.63, 3.8) is 0 Å². The van der Waals surface area contributed by atoms with Crippen molar-refractivity contribution in [1.82, 2.24) is 24.5 Å². The molecule has 0 unspecified atom stereocenters. The fourth-order valence-corrected chi connectivity index (χ4v) is 6.37. The second-order valence-electron chi connectivity index (χ2n) is 11.1. The van der Waals surface area contributed by atoms with Gasteiger partial charge in [-0.1, -0.05) is 35.3 Å². The lowest BCUT2D eigenvalue weighted by Crippen LogP contribution is -2.53. The van der Waals surface area contributed by atoms with Gasteiger partial charge in [-0.15, -0.1) is 0 Å². The van der Waals surface area contributed by atoms with E-state index in [9.17, 15) is 14.4 Å². The maximum atomic E-state index is 13.8. The quantitative estimate of drug-likeness (QED) is 0.406. The average Bonchev–Trinajstić information content (AvgIpc) is 3.43. The Kier molecular flexibility index (Phi) is 8.71. The first-order valence-electron chi connectivity index (χ1n) is 14.0. The number of carbonyl (C=O) groups excluding carboxylic acids is 3. The van der Waals surface area contributed by atoms with Gasteiger partial charge < -0.3 is 14.7 Å². The third kappa shape index (κ3) is 6.28. The van der Waals surface area contributed by atoms with Gasteiger partial charge in [-0.2, -0.15) is 5.10 Å². The smallest absolute Gasteiger partial charge is 0.253 e. The highest BCUT2D eigenvalue weighted by atomic mass is 35.5. The molecule has 2 aliphatic heterocycles. The van der Waals surface area contributed by atoms with Crippen LogP contribution < -0.4 is 0 Å². The van der Waals surface area contributed by atoms with Crippen LogP contribution in [0.3, 0.4) is 0 Å². The van der Waals surface area contributed by atoms with Crippen LogP contribution in [0.2, 0.25) is 10.0 Å². The van der Waals surface area contributed by atoms with E-state index < -0.39 is 0 Å². The maximum absolute atomic E-state index is 13.8. The van der Waals surface area contributed by atoms with Crippen molar-refractivity contribution in [2.75, 3.05) is 33.2 Å². The van der Waals surface area contributed by atoms with Crippen molar-refractivity contribution in [3.8, 4) is 5.69 Å². The van der Waals surface area contributed by atoms with E-state index in [4.69, 9.17) is 23.2 Å². The van der Waals surface area contributed by atoms with Gasteiger partial charge >= 0.3 is 0 Å². The molecule has 2 atom stereocenters. The first-order valence-corrected chi connectivity index (χ1v) is 14.8. The number of hydrogen-bond donors (Lipinski definition) is 0. The molecular weight excluding hydrogens is 561 g/mol. The van der Waals surface area contributed by atoms with Gasteiger partial charge in [0.1, 0.15) is 0 Å². The lowest BCUT2D eigenvalue weighted by molar-refractivity contribution is -0.141. The average molecular weight is 597 g/mol. The highest BCUT2D eigenvalue weighted by molar-refractivity contribution is 6.42. The molecule has 41 heavy (non-hydrogen) atoms. The molecule has 1 aromatic heterocycles. The van der Waals surface area contributed by atoms with Gasteiger partial charge in [-0.05, 0) is 68.1 Å². The van der Waals surface area contributed by atoms with Crippen LogP contribution in [0.5, 0.6) is 0 Å². The van der Waals surface area contributed by atoms with Crippen LogP contribution in [-0.2, 0) is 9.59 Å². The summed E-state index contributed by atoms with van der Waals surface area (Å²) in [7, 11) is 1.83. The van der Waals surface area contributed by atoms with Crippen LogP contribution in [0.1, 0.15) is 53.7 Å². The normalized spacial score (nSPS) is 19.7. The Labute approximate surface area is 250 Å². The molecule has 2 fully saturated rings. The minimum absolute atomic E-state index is 0.0503. The number of carbonyl (C=O) groups is 3. The summed E-state index contributed by atoms with van der Waals surface area (Å²) < 4.78 is 1.76. The lowest BCUT2D eigenvalue weighted by atomic mass is 9.83. The van der Waals surface area contributed by atoms with Gasteiger partial charge in [0.25, 0.3) is 5.91 Å². The summed E-state index contributed by atoms with van der Waals surface area (Å²) in [5.41, 5.74) is 3.22. The maximum Gasteiger partial charge on any atom is 0.253 e. The summed E-state index contributed by atoms with van der Waals surface area (Å²) in [5, 5.41) is 5.38. The SMILES string of the molecule is CC(=O)N1CCC(C(=O)N2CC[C@@H](N(C)C(=O)c3cccc(-n4ccc(C)n4)c3)[C@H](c3ccc(Cl)c(Cl)c3)C2)CC1. The predicted octanol–water partition coefficient (Wildman–Crippen LogP) is 5.20. The van der Waals surface area contributed by atoms with Crippen LogP contribution in [0, 0.1) is 12.8 Å². The van der Waals surface area contributed by atoms with Crippen molar-refractivity contribution in [1.29, 1.82) is 0 Å². The molecule has 10 heteroatoms. The van der Waals surface area contributed by atoms with E-state index in [-0.39, 0.29) is 35.6 Å². The molecule has 216 valence electrons. The van der Waals surface area contributed by atoms with E-state index in [1.54, 1.807) is 27.5 Å². The molecule has 3 heterocycles. The molecule has 2 saturated heterocycles. The molecule has 2 aliphatic rings. The van der Waals surface area contributed by atoms with Crippen molar-refractivity contribution < 1.29 is 14.4 Å². The van der Waals surface area contributed by atoms with Crippen molar-refractivity contribution in [2.45, 2.75) is 45.1 Å². The van der Waals surface area contributed by atoms with Gasteiger partial charge in [-0.25, -0.2) is 4.68 Å². The number of rotatable bonds is 5. The number of amides is 3. The van der Waals surface area contributed by atoms with Crippen LogP contribution >= 0.6 is 23.2 Å². The first-order chi connectivity index (χ1) is 19.6. The monoisotopic (exact) mass is 595 g/mol. The Morgan fingerprint density at radius 3 is 2.32 bits per heavy atom. The molecule has 0 saturated carbocycles.